The number of ether oxygens (including phenoxy) is 2. The van der Waals surface area contributed by atoms with Crippen LogP contribution >= 0.6 is 0 Å². The number of likely N-dealkylation sites (N-methyl/N-ethyl adjacent to an activating group) is 1. The van der Waals surface area contributed by atoms with Crippen LogP contribution in [-0.2, 0) is 4.74 Å². The molecule has 1 N–H and O–H groups in total. The van der Waals surface area contributed by atoms with E-state index in [0.29, 0.717) is 12.2 Å². The maximum absolute atomic E-state index is 6.06. The zero-order valence-corrected chi connectivity index (χ0v) is 12.5. The number of hydrogen-bond donors (Lipinski definition) is 1. The Morgan fingerprint density at radius 2 is 2.15 bits per heavy atom. The van der Waals surface area contributed by atoms with Gasteiger partial charge in [-0.05, 0) is 56.8 Å². The third-order valence-corrected chi connectivity index (χ3v) is 4.10. The van der Waals surface area contributed by atoms with Crippen molar-refractivity contribution in [3.63, 3.8) is 0 Å². The average molecular weight is 275 g/mol. The van der Waals surface area contributed by atoms with Crippen LogP contribution in [0.1, 0.15) is 51.1 Å². The summed E-state index contributed by atoms with van der Waals surface area (Å²) < 4.78 is 12.0. The summed E-state index contributed by atoms with van der Waals surface area (Å²) in [5.74, 6) is 0.999. The van der Waals surface area contributed by atoms with Crippen LogP contribution in [0.25, 0.3) is 0 Å². The van der Waals surface area contributed by atoms with E-state index in [4.69, 9.17) is 9.47 Å². The van der Waals surface area contributed by atoms with E-state index in [9.17, 15) is 0 Å². The van der Waals surface area contributed by atoms with Crippen molar-refractivity contribution >= 4 is 0 Å². The number of rotatable bonds is 6. The Morgan fingerprint density at radius 3 is 2.80 bits per heavy atom. The summed E-state index contributed by atoms with van der Waals surface area (Å²) >= 11 is 0. The van der Waals surface area contributed by atoms with Gasteiger partial charge in [-0.1, -0.05) is 19.1 Å². The molecule has 3 atom stereocenters. The first-order valence-electron chi connectivity index (χ1n) is 7.91. The molecule has 1 aliphatic heterocycles. The maximum Gasteiger partial charge on any atom is 0.120 e. The fourth-order valence-corrected chi connectivity index (χ4v) is 2.92. The molecule has 1 saturated heterocycles. The van der Waals surface area contributed by atoms with Gasteiger partial charge in [-0.15, -0.1) is 0 Å². The molecule has 0 radical (unpaired) electrons. The Hall–Kier alpha value is -1.06. The van der Waals surface area contributed by atoms with Gasteiger partial charge in [-0.2, -0.15) is 0 Å². The Morgan fingerprint density at radius 1 is 1.30 bits per heavy atom. The fraction of sp³-hybridized carbons (Fsp3) is 0.647. The van der Waals surface area contributed by atoms with Crippen LogP contribution in [0.3, 0.4) is 0 Å². The van der Waals surface area contributed by atoms with Crippen LogP contribution in [0, 0.1) is 0 Å². The third-order valence-electron chi connectivity index (χ3n) is 4.10. The van der Waals surface area contributed by atoms with Crippen molar-refractivity contribution in [3.8, 4) is 5.75 Å². The quantitative estimate of drug-likeness (QED) is 0.862. The first-order valence-corrected chi connectivity index (χ1v) is 7.91. The normalized spacial score (nSPS) is 27.5. The molecule has 1 saturated carbocycles. The second-order valence-corrected chi connectivity index (χ2v) is 5.99. The molecule has 1 aromatic rings. The van der Waals surface area contributed by atoms with Gasteiger partial charge >= 0.3 is 0 Å². The molecule has 0 aromatic heterocycles. The van der Waals surface area contributed by atoms with Crippen molar-refractivity contribution in [2.24, 2.45) is 0 Å². The summed E-state index contributed by atoms with van der Waals surface area (Å²) in [5, 5.41) is 3.58. The largest absolute Gasteiger partial charge is 0.490 e. The average Bonchev–Trinajstić information content (AvgIpc) is 3.16. The molecule has 3 unspecified atom stereocenters. The van der Waals surface area contributed by atoms with Crippen molar-refractivity contribution < 1.29 is 9.47 Å². The van der Waals surface area contributed by atoms with E-state index >= 15 is 0 Å². The van der Waals surface area contributed by atoms with E-state index in [1.807, 2.05) is 0 Å². The summed E-state index contributed by atoms with van der Waals surface area (Å²) in [4.78, 5) is 0. The van der Waals surface area contributed by atoms with Gasteiger partial charge in [0.15, 0.2) is 0 Å². The minimum atomic E-state index is 0.271. The molecule has 1 aromatic carbocycles. The Labute approximate surface area is 121 Å². The molecule has 1 aliphatic carbocycles. The zero-order chi connectivity index (χ0) is 13.9. The first-order chi connectivity index (χ1) is 9.76. The number of benzene rings is 1. The number of nitrogens with one attached hydrogen (secondary N) is 1. The van der Waals surface area contributed by atoms with E-state index in [2.05, 4.69) is 43.4 Å². The van der Waals surface area contributed by atoms with Crippen LogP contribution in [-0.4, -0.2) is 24.9 Å². The van der Waals surface area contributed by atoms with E-state index < -0.39 is 0 Å². The highest BCUT2D eigenvalue weighted by Gasteiger charge is 2.30. The molecule has 2 aliphatic rings. The zero-order valence-electron chi connectivity index (χ0n) is 12.5. The molecule has 2 fully saturated rings. The molecule has 0 amide bonds. The Kier molecular flexibility index (Phi) is 4.27. The van der Waals surface area contributed by atoms with Crippen molar-refractivity contribution in [1.29, 1.82) is 0 Å². The van der Waals surface area contributed by atoms with Gasteiger partial charge in [-0.25, -0.2) is 0 Å². The van der Waals surface area contributed by atoms with Crippen LogP contribution in [0.5, 0.6) is 5.75 Å². The lowest BCUT2D eigenvalue weighted by atomic mass is 9.99. The molecular formula is C17H25NO2. The summed E-state index contributed by atoms with van der Waals surface area (Å²) in [6.07, 6.45) is 5.80. The summed E-state index contributed by atoms with van der Waals surface area (Å²) in [7, 11) is 0. The standard InChI is InChI=1S/C17H25NO2/c1-3-18-17(16-10-7-12(2)19-16)13-5-4-6-15(11-13)20-14-8-9-14/h4-6,11-12,14,16-18H,3,7-10H2,1-2H3. The fourth-order valence-electron chi connectivity index (χ4n) is 2.92. The minimum absolute atomic E-state index is 0.271. The predicted molar refractivity (Wildman–Crippen MR) is 80.1 cm³/mol. The van der Waals surface area contributed by atoms with E-state index in [1.165, 1.54) is 18.4 Å². The minimum Gasteiger partial charge on any atom is -0.490 e. The molecular weight excluding hydrogens is 250 g/mol. The second-order valence-electron chi connectivity index (χ2n) is 5.99. The molecule has 3 nitrogen and oxygen atoms in total. The highest BCUT2D eigenvalue weighted by Crippen LogP contribution is 2.33. The van der Waals surface area contributed by atoms with Gasteiger partial charge in [0.05, 0.1) is 24.4 Å². The van der Waals surface area contributed by atoms with E-state index in [0.717, 1.165) is 25.1 Å². The van der Waals surface area contributed by atoms with Gasteiger partial charge in [0.25, 0.3) is 0 Å². The maximum atomic E-state index is 6.06. The lowest BCUT2D eigenvalue weighted by Gasteiger charge is -2.25. The summed E-state index contributed by atoms with van der Waals surface area (Å²) in [6, 6.07) is 8.78. The molecule has 3 heteroatoms. The second kappa shape index (κ2) is 6.15. The topological polar surface area (TPSA) is 30.5 Å². The van der Waals surface area contributed by atoms with Crippen molar-refractivity contribution in [2.45, 2.75) is 63.9 Å². The first kappa shape index (κ1) is 13.9. The SMILES string of the molecule is CCNC(c1cccc(OC2CC2)c1)C1CCC(C)O1. The van der Waals surface area contributed by atoms with Crippen molar-refractivity contribution in [3.05, 3.63) is 29.8 Å². The lowest BCUT2D eigenvalue weighted by molar-refractivity contribution is 0.0319. The molecule has 110 valence electrons. The highest BCUT2D eigenvalue weighted by atomic mass is 16.5. The van der Waals surface area contributed by atoms with Gasteiger partial charge in [0.1, 0.15) is 5.75 Å². The van der Waals surface area contributed by atoms with E-state index in [1.54, 1.807) is 0 Å². The van der Waals surface area contributed by atoms with Gasteiger partial charge in [0, 0.05) is 0 Å². The van der Waals surface area contributed by atoms with Gasteiger partial charge < -0.3 is 14.8 Å². The monoisotopic (exact) mass is 275 g/mol. The van der Waals surface area contributed by atoms with Gasteiger partial charge in [-0.3, -0.25) is 0 Å². The smallest absolute Gasteiger partial charge is 0.120 e. The molecule has 20 heavy (non-hydrogen) atoms. The van der Waals surface area contributed by atoms with Crippen LogP contribution < -0.4 is 10.1 Å². The van der Waals surface area contributed by atoms with Crippen LogP contribution in [0.2, 0.25) is 0 Å². The lowest BCUT2D eigenvalue weighted by Crippen LogP contribution is -2.32. The highest BCUT2D eigenvalue weighted by molar-refractivity contribution is 5.32. The van der Waals surface area contributed by atoms with Gasteiger partial charge in [0.2, 0.25) is 0 Å². The Bertz CT molecular complexity index is 444. The molecule has 1 heterocycles. The van der Waals surface area contributed by atoms with Crippen molar-refractivity contribution in [1.82, 2.24) is 5.32 Å². The third kappa shape index (κ3) is 3.33. The van der Waals surface area contributed by atoms with Crippen molar-refractivity contribution in [2.75, 3.05) is 6.54 Å². The Balaban J connectivity index is 1.75. The molecule has 0 spiro atoms. The van der Waals surface area contributed by atoms with E-state index in [-0.39, 0.29) is 12.1 Å². The van der Waals surface area contributed by atoms with Crippen LogP contribution in [0.15, 0.2) is 24.3 Å². The molecule has 0 bridgehead atoms. The summed E-state index contributed by atoms with van der Waals surface area (Å²) in [6.45, 7) is 5.26. The summed E-state index contributed by atoms with van der Waals surface area (Å²) in [5.41, 5.74) is 1.28. The molecule has 3 rings (SSSR count). The van der Waals surface area contributed by atoms with Crippen LogP contribution in [0.4, 0.5) is 0 Å². The number of hydrogen-bond acceptors (Lipinski definition) is 3. The predicted octanol–water partition coefficient (Wildman–Crippen LogP) is 3.45.